The van der Waals surface area contributed by atoms with Gasteiger partial charge in [-0.1, -0.05) is 24.1 Å². The summed E-state index contributed by atoms with van der Waals surface area (Å²) in [6, 6.07) is 4.45. The van der Waals surface area contributed by atoms with Crippen molar-refractivity contribution < 1.29 is 0 Å². The van der Waals surface area contributed by atoms with Crippen molar-refractivity contribution in [3.05, 3.63) is 28.5 Å². The minimum Gasteiger partial charge on any atom is -0.310 e. The Kier molecular flexibility index (Phi) is 3.04. The molecule has 0 aliphatic carbocycles. The zero-order chi connectivity index (χ0) is 9.97. The van der Waals surface area contributed by atoms with E-state index >= 15 is 0 Å². The van der Waals surface area contributed by atoms with Crippen LogP contribution in [0.15, 0.2) is 12.1 Å². The van der Waals surface area contributed by atoms with Crippen molar-refractivity contribution in [2.45, 2.75) is 32.2 Å². The quantitative estimate of drug-likeness (QED) is 0.722. The van der Waals surface area contributed by atoms with Gasteiger partial charge < -0.3 is 5.32 Å². The summed E-state index contributed by atoms with van der Waals surface area (Å²) < 4.78 is 0. The number of aryl methyl sites for hydroxylation is 1. The normalized spacial score (nSPS) is 22.3. The lowest BCUT2D eigenvalue weighted by molar-refractivity contribution is 0.410. The number of hydrogen-bond acceptors (Lipinski definition) is 2. The summed E-state index contributed by atoms with van der Waals surface area (Å²) in [5, 5.41) is 4.10. The molecule has 1 atom stereocenters. The first-order valence-corrected chi connectivity index (χ1v) is 5.51. The fraction of sp³-hybridized carbons (Fsp3) is 0.545. The average Bonchev–Trinajstić information content (AvgIpc) is 2.19. The second kappa shape index (κ2) is 4.28. The van der Waals surface area contributed by atoms with E-state index in [4.69, 9.17) is 11.6 Å². The third kappa shape index (κ3) is 2.07. The van der Waals surface area contributed by atoms with Gasteiger partial charge in [-0.15, -0.1) is 0 Å². The van der Waals surface area contributed by atoms with Crippen LogP contribution in [0.4, 0.5) is 0 Å². The van der Waals surface area contributed by atoms with Gasteiger partial charge in [0.05, 0.1) is 0 Å². The van der Waals surface area contributed by atoms with E-state index in [-0.39, 0.29) is 0 Å². The fourth-order valence-electron chi connectivity index (χ4n) is 2.03. The smallest absolute Gasteiger partial charge is 0.129 e. The molecule has 2 heterocycles. The minimum atomic E-state index is 0.480. The van der Waals surface area contributed by atoms with E-state index in [2.05, 4.69) is 16.4 Å². The van der Waals surface area contributed by atoms with Crippen LogP contribution >= 0.6 is 11.6 Å². The zero-order valence-electron chi connectivity index (χ0n) is 8.39. The van der Waals surface area contributed by atoms with Gasteiger partial charge in [-0.25, -0.2) is 4.98 Å². The molecule has 1 aliphatic rings. The lowest BCUT2D eigenvalue weighted by Crippen LogP contribution is -2.27. The lowest BCUT2D eigenvalue weighted by Gasteiger charge is -2.24. The highest BCUT2D eigenvalue weighted by atomic mass is 35.5. The van der Waals surface area contributed by atoms with Crippen molar-refractivity contribution in [1.29, 1.82) is 0 Å². The van der Waals surface area contributed by atoms with E-state index in [1.54, 1.807) is 0 Å². The largest absolute Gasteiger partial charge is 0.310 e. The summed E-state index contributed by atoms with van der Waals surface area (Å²) in [6.07, 6.45) is 3.81. The summed E-state index contributed by atoms with van der Waals surface area (Å²) >= 11 is 5.82. The molecule has 76 valence electrons. The van der Waals surface area contributed by atoms with Crippen LogP contribution in [0.25, 0.3) is 0 Å². The summed E-state index contributed by atoms with van der Waals surface area (Å²) in [5.74, 6) is 0. The Hall–Kier alpha value is -0.600. The first kappa shape index (κ1) is 9.94. The SMILES string of the molecule is Cc1nc(Cl)ccc1[C@H]1CCCCN1. The predicted octanol–water partition coefficient (Wildman–Crippen LogP) is 2.86. The molecule has 0 aromatic carbocycles. The van der Waals surface area contributed by atoms with Crippen LogP contribution in [-0.2, 0) is 0 Å². The Labute approximate surface area is 89.7 Å². The van der Waals surface area contributed by atoms with E-state index in [1.807, 2.05) is 13.0 Å². The molecule has 1 aromatic heterocycles. The van der Waals surface area contributed by atoms with Gasteiger partial charge in [-0.2, -0.15) is 0 Å². The number of nitrogens with zero attached hydrogens (tertiary/aromatic N) is 1. The first-order valence-electron chi connectivity index (χ1n) is 5.14. The van der Waals surface area contributed by atoms with Crippen molar-refractivity contribution in [2.24, 2.45) is 0 Å². The topological polar surface area (TPSA) is 24.9 Å². The standard InChI is InChI=1S/C11H15ClN2/c1-8-9(5-6-11(12)14-8)10-4-2-3-7-13-10/h5-6,10,13H,2-4,7H2,1H3/t10-/m1/s1. The molecule has 0 unspecified atom stereocenters. The Morgan fingerprint density at radius 2 is 2.29 bits per heavy atom. The number of halogens is 1. The average molecular weight is 211 g/mol. The molecule has 1 saturated heterocycles. The Bertz CT molecular complexity index is 319. The summed E-state index contributed by atoms with van der Waals surface area (Å²) in [5.41, 5.74) is 2.35. The molecule has 0 amide bonds. The van der Waals surface area contributed by atoms with Crippen LogP contribution in [0.3, 0.4) is 0 Å². The molecular formula is C11H15ClN2. The van der Waals surface area contributed by atoms with Gasteiger partial charge >= 0.3 is 0 Å². The molecule has 1 aromatic rings. The first-order chi connectivity index (χ1) is 6.77. The second-order valence-electron chi connectivity index (χ2n) is 3.81. The zero-order valence-corrected chi connectivity index (χ0v) is 9.14. The maximum Gasteiger partial charge on any atom is 0.129 e. The van der Waals surface area contributed by atoms with E-state index < -0.39 is 0 Å². The number of aromatic nitrogens is 1. The summed E-state index contributed by atoms with van der Waals surface area (Å²) in [7, 11) is 0. The van der Waals surface area contributed by atoms with Crippen molar-refractivity contribution >= 4 is 11.6 Å². The van der Waals surface area contributed by atoms with Crippen LogP contribution in [0.1, 0.15) is 36.6 Å². The van der Waals surface area contributed by atoms with Crippen molar-refractivity contribution in [3.8, 4) is 0 Å². The van der Waals surface area contributed by atoms with Gasteiger partial charge in [0, 0.05) is 11.7 Å². The molecule has 0 bridgehead atoms. The molecule has 2 rings (SSSR count). The summed E-state index contributed by atoms with van der Waals surface area (Å²) in [6.45, 7) is 3.14. The van der Waals surface area contributed by atoms with Gasteiger partial charge in [0.1, 0.15) is 5.15 Å². The number of piperidine rings is 1. The molecule has 14 heavy (non-hydrogen) atoms. The van der Waals surface area contributed by atoms with Crippen LogP contribution in [0.5, 0.6) is 0 Å². The van der Waals surface area contributed by atoms with E-state index in [0.29, 0.717) is 11.2 Å². The molecule has 1 N–H and O–H groups in total. The maximum absolute atomic E-state index is 5.82. The highest BCUT2D eigenvalue weighted by Gasteiger charge is 2.16. The van der Waals surface area contributed by atoms with Gasteiger partial charge in [-0.05, 0) is 37.9 Å². The molecule has 2 nitrogen and oxygen atoms in total. The molecule has 1 aliphatic heterocycles. The highest BCUT2D eigenvalue weighted by molar-refractivity contribution is 6.29. The van der Waals surface area contributed by atoms with Crippen LogP contribution in [0, 0.1) is 6.92 Å². The fourth-order valence-corrected chi connectivity index (χ4v) is 2.22. The van der Waals surface area contributed by atoms with Gasteiger partial charge in [0.25, 0.3) is 0 Å². The van der Waals surface area contributed by atoms with Crippen molar-refractivity contribution in [2.75, 3.05) is 6.54 Å². The monoisotopic (exact) mass is 210 g/mol. The van der Waals surface area contributed by atoms with Crippen molar-refractivity contribution in [3.63, 3.8) is 0 Å². The highest BCUT2D eigenvalue weighted by Crippen LogP contribution is 2.25. The molecule has 0 radical (unpaired) electrons. The van der Waals surface area contributed by atoms with Gasteiger partial charge in [0.15, 0.2) is 0 Å². The second-order valence-corrected chi connectivity index (χ2v) is 4.20. The predicted molar refractivity (Wildman–Crippen MR) is 58.6 cm³/mol. The molecule has 0 saturated carbocycles. The maximum atomic E-state index is 5.82. The number of nitrogens with one attached hydrogen (secondary N) is 1. The van der Waals surface area contributed by atoms with Gasteiger partial charge in [0.2, 0.25) is 0 Å². The molecule has 1 fully saturated rings. The Morgan fingerprint density at radius 3 is 2.93 bits per heavy atom. The third-order valence-corrected chi connectivity index (χ3v) is 2.99. The number of rotatable bonds is 1. The Morgan fingerprint density at radius 1 is 1.43 bits per heavy atom. The summed E-state index contributed by atoms with van der Waals surface area (Å²) in [4.78, 5) is 4.27. The minimum absolute atomic E-state index is 0.480. The van der Waals surface area contributed by atoms with Crippen molar-refractivity contribution in [1.82, 2.24) is 10.3 Å². The molecule has 0 spiro atoms. The molecule has 3 heteroatoms. The Balaban J connectivity index is 2.22. The van der Waals surface area contributed by atoms with E-state index in [9.17, 15) is 0 Å². The number of pyridine rings is 1. The number of hydrogen-bond donors (Lipinski definition) is 1. The van der Waals surface area contributed by atoms with E-state index in [0.717, 1.165) is 12.2 Å². The van der Waals surface area contributed by atoms with Crippen LogP contribution in [-0.4, -0.2) is 11.5 Å². The van der Waals surface area contributed by atoms with E-state index in [1.165, 1.54) is 24.8 Å². The third-order valence-electron chi connectivity index (χ3n) is 2.78. The van der Waals surface area contributed by atoms with Crippen LogP contribution in [0.2, 0.25) is 5.15 Å². The lowest BCUT2D eigenvalue weighted by atomic mass is 9.97. The molecular weight excluding hydrogens is 196 g/mol. The van der Waals surface area contributed by atoms with Gasteiger partial charge in [-0.3, -0.25) is 0 Å². The van der Waals surface area contributed by atoms with Crippen LogP contribution < -0.4 is 5.32 Å².